The SMILES string of the molecule is CCCCCCCCCCCCCCCCCCCCCCOCC(COC(=O)CCCCCCCCCCCCCCCCCCCCC)OC(=O)CCCCCCC. The Kier molecular flexibility index (Phi) is 51.3. The van der Waals surface area contributed by atoms with E-state index in [2.05, 4.69) is 20.8 Å². The number of carbonyl (C=O) groups is 2. The Bertz CT molecular complexity index is 830. The van der Waals surface area contributed by atoms with Crippen LogP contribution in [0.2, 0.25) is 0 Å². The van der Waals surface area contributed by atoms with Gasteiger partial charge in [0, 0.05) is 19.4 Å². The van der Waals surface area contributed by atoms with Crippen molar-refractivity contribution in [3.8, 4) is 0 Å². The Morgan fingerprint density at radius 2 is 0.550 bits per heavy atom. The maximum absolute atomic E-state index is 12.6. The minimum absolute atomic E-state index is 0.0960. The third-order valence-electron chi connectivity index (χ3n) is 12.6. The van der Waals surface area contributed by atoms with Crippen LogP contribution in [0.3, 0.4) is 0 Å². The molecule has 358 valence electrons. The van der Waals surface area contributed by atoms with Crippen molar-refractivity contribution in [3.05, 3.63) is 0 Å². The Balaban J connectivity index is 3.89. The van der Waals surface area contributed by atoms with Crippen molar-refractivity contribution in [2.24, 2.45) is 0 Å². The van der Waals surface area contributed by atoms with E-state index in [9.17, 15) is 9.59 Å². The number of hydrogen-bond acceptors (Lipinski definition) is 5. The van der Waals surface area contributed by atoms with Crippen molar-refractivity contribution in [2.45, 2.75) is 322 Å². The third kappa shape index (κ3) is 49.6. The Labute approximate surface area is 376 Å². The number of rotatable bonds is 52. The summed E-state index contributed by atoms with van der Waals surface area (Å²) in [6.45, 7) is 7.84. The molecule has 0 fully saturated rings. The first kappa shape index (κ1) is 58.9. The summed E-state index contributed by atoms with van der Waals surface area (Å²) >= 11 is 0. The Morgan fingerprint density at radius 1 is 0.300 bits per heavy atom. The van der Waals surface area contributed by atoms with E-state index in [4.69, 9.17) is 14.2 Å². The molecule has 0 bridgehead atoms. The van der Waals surface area contributed by atoms with Gasteiger partial charge in [-0.1, -0.05) is 284 Å². The Hall–Kier alpha value is -1.10. The van der Waals surface area contributed by atoms with Crippen LogP contribution in [0.5, 0.6) is 0 Å². The standard InChI is InChI=1S/C55H108O5/c1-4-7-10-13-15-17-19-21-23-25-27-29-31-33-35-37-39-41-44-47-50-58-51-53(60-55(57)49-46-42-12-9-6-3)52-59-54(56)48-45-43-40-38-36-34-32-30-28-26-24-22-20-18-16-14-11-8-5-2/h53H,4-52H2,1-3H3. The quantitative estimate of drug-likeness (QED) is 0.0451. The second-order valence-electron chi connectivity index (χ2n) is 18.9. The zero-order chi connectivity index (χ0) is 43.5. The van der Waals surface area contributed by atoms with Crippen LogP contribution in [0.25, 0.3) is 0 Å². The van der Waals surface area contributed by atoms with Gasteiger partial charge in [0.25, 0.3) is 0 Å². The number of ether oxygens (including phenoxy) is 3. The summed E-state index contributed by atoms with van der Waals surface area (Å²) in [4.78, 5) is 25.2. The second kappa shape index (κ2) is 52.2. The van der Waals surface area contributed by atoms with Gasteiger partial charge in [-0.2, -0.15) is 0 Å². The third-order valence-corrected chi connectivity index (χ3v) is 12.6. The fraction of sp³-hybridized carbons (Fsp3) is 0.964. The summed E-state index contributed by atoms with van der Waals surface area (Å²) in [5.41, 5.74) is 0. The summed E-state index contributed by atoms with van der Waals surface area (Å²) in [6, 6.07) is 0. The molecule has 0 spiro atoms. The molecule has 60 heavy (non-hydrogen) atoms. The molecule has 0 radical (unpaired) electrons. The molecule has 0 aliphatic rings. The molecule has 0 aromatic rings. The molecule has 0 rings (SSSR count). The smallest absolute Gasteiger partial charge is 0.306 e. The van der Waals surface area contributed by atoms with Gasteiger partial charge in [0.2, 0.25) is 0 Å². The van der Waals surface area contributed by atoms with E-state index in [0.717, 1.165) is 38.5 Å². The zero-order valence-corrected chi connectivity index (χ0v) is 41.3. The lowest BCUT2D eigenvalue weighted by Crippen LogP contribution is -2.30. The van der Waals surface area contributed by atoms with Gasteiger partial charge in [0.15, 0.2) is 6.10 Å². The molecular formula is C55H108O5. The fourth-order valence-electron chi connectivity index (χ4n) is 8.51. The normalized spacial score (nSPS) is 12.0. The summed E-state index contributed by atoms with van der Waals surface area (Å²) in [5.74, 6) is -0.384. The van der Waals surface area contributed by atoms with Gasteiger partial charge >= 0.3 is 11.9 Å². The van der Waals surface area contributed by atoms with Crippen molar-refractivity contribution < 1.29 is 23.8 Å². The lowest BCUT2D eigenvalue weighted by atomic mass is 10.0. The van der Waals surface area contributed by atoms with Crippen LogP contribution >= 0.6 is 0 Å². The van der Waals surface area contributed by atoms with Gasteiger partial charge in [-0.05, 0) is 19.3 Å². The van der Waals surface area contributed by atoms with Crippen molar-refractivity contribution in [1.82, 2.24) is 0 Å². The van der Waals surface area contributed by atoms with E-state index in [1.54, 1.807) is 0 Å². The maximum atomic E-state index is 12.6. The summed E-state index contributed by atoms with van der Waals surface area (Å²) < 4.78 is 17.3. The summed E-state index contributed by atoms with van der Waals surface area (Å²) in [6.07, 6.45) is 58.7. The molecule has 5 nitrogen and oxygen atoms in total. The van der Waals surface area contributed by atoms with E-state index in [1.165, 1.54) is 244 Å². The molecule has 1 unspecified atom stereocenters. The fourth-order valence-corrected chi connectivity index (χ4v) is 8.51. The van der Waals surface area contributed by atoms with Crippen LogP contribution < -0.4 is 0 Å². The van der Waals surface area contributed by atoms with E-state index in [0.29, 0.717) is 26.1 Å². The Morgan fingerprint density at radius 3 is 0.850 bits per heavy atom. The summed E-state index contributed by atoms with van der Waals surface area (Å²) in [7, 11) is 0. The molecule has 0 amide bonds. The van der Waals surface area contributed by atoms with Crippen LogP contribution in [0.4, 0.5) is 0 Å². The molecule has 0 aromatic heterocycles. The second-order valence-corrected chi connectivity index (χ2v) is 18.9. The predicted molar refractivity (Wildman–Crippen MR) is 261 cm³/mol. The van der Waals surface area contributed by atoms with E-state index < -0.39 is 6.10 Å². The first-order valence-electron chi connectivity index (χ1n) is 27.6. The molecule has 0 heterocycles. The van der Waals surface area contributed by atoms with Gasteiger partial charge in [-0.25, -0.2) is 0 Å². The van der Waals surface area contributed by atoms with Gasteiger partial charge in [-0.15, -0.1) is 0 Å². The molecule has 0 N–H and O–H groups in total. The van der Waals surface area contributed by atoms with Crippen molar-refractivity contribution in [1.29, 1.82) is 0 Å². The van der Waals surface area contributed by atoms with Crippen molar-refractivity contribution in [2.75, 3.05) is 19.8 Å². The molecule has 0 aliphatic heterocycles. The molecule has 1 atom stereocenters. The van der Waals surface area contributed by atoms with Crippen LogP contribution in [0.1, 0.15) is 316 Å². The highest BCUT2D eigenvalue weighted by atomic mass is 16.6. The van der Waals surface area contributed by atoms with Gasteiger partial charge < -0.3 is 14.2 Å². The van der Waals surface area contributed by atoms with Gasteiger partial charge in [-0.3, -0.25) is 9.59 Å². The maximum Gasteiger partial charge on any atom is 0.306 e. The first-order chi connectivity index (χ1) is 29.6. The molecule has 0 saturated heterocycles. The number of carbonyl (C=O) groups excluding carboxylic acids is 2. The highest BCUT2D eigenvalue weighted by Crippen LogP contribution is 2.17. The van der Waals surface area contributed by atoms with Gasteiger partial charge in [0.1, 0.15) is 6.61 Å². The van der Waals surface area contributed by atoms with Crippen molar-refractivity contribution >= 4 is 11.9 Å². The van der Waals surface area contributed by atoms with E-state index in [1.807, 2.05) is 0 Å². The molecule has 5 heteroatoms. The van der Waals surface area contributed by atoms with Crippen LogP contribution in [-0.4, -0.2) is 37.9 Å². The predicted octanol–water partition coefficient (Wildman–Crippen LogP) is 18.5. The number of hydrogen-bond donors (Lipinski definition) is 0. The van der Waals surface area contributed by atoms with Gasteiger partial charge in [0.05, 0.1) is 6.61 Å². The molecular weight excluding hydrogens is 741 g/mol. The number of esters is 2. The highest BCUT2D eigenvalue weighted by molar-refractivity contribution is 5.70. The summed E-state index contributed by atoms with van der Waals surface area (Å²) in [5, 5.41) is 0. The number of unbranched alkanes of at least 4 members (excludes halogenated alkanes) is 41. The average molecular weight is 849 g/mol. The molecule has 0 saturated carbocycles. The van der Waals surface area contributed by atoms with E-state index >= 15 is 0 Å². The van der Waals surface area contributed by atoms with Crippen LogP contribution in [0, 0.1) is 0 Å². The largest absolute Gasteiger partial charge is 0.462 e. The highest BCUT2D eigenvalue weighted by Gasteiger charge is 2.17. The van der Waals surface area contributed by atoms with Crippen LogP contribution in [-0.2, 0) is 23.8 Å². The molecule has 0 aromatic carbocycles. The van der Waals surface area contributed by atoms with Crippen molar-refractivity contribution in [3.63, 3.8) is 0 Å². The van der Waals surface area contributed by atoms with Crippen LogP contribution in [0.15, 0.2) is 0 Å². The monoisotopic (exact) mass is 849 g/mol. The lowest BCUT2D eigenvalue weighted by molar-refractivity contribution is -0.163. The minimum atomic E-state index is -0.521. The first-order valence-corrected chi connectivity index (χ1v) is 27.6. The lowest BCUT2D eigenvalue weighted by Gasteiger charge is -2.18. The minimum Gasteiger partial charge on any atom is -0.462 e. The zero-order valence-electron chi connectivity index (χ0n) is 41.3. The molecule has 0 aliphatic carbocycles. The average Bonchev–Trinajstić information content (AvgIpc) is 3.25. The van der Waals surface area contributed by atoms with E-state index in [-0.39, 0.29) is 18.5 Å². The topological polar surface area (TPSA) is 61.8 Å².